The Morgan fingerprint density at radius 1 is 0.946 bits per heavy atom. The molecule has 1 N–H and O–H groups in total. The average molecular weight is 505 g/mol. The molecule has 0 aromatic heterocycles. The average Bonchev–Trinajstić information content (AvgIpc) is 3.83. The molecule has 8 nitrogen and oxygen atoms in total. The topological polar surface area (TPSA) is 91.3 Å². The molecular formula is C28H29FN4O4. The van der Waals surface area contributed by atoms with Gasteiger partial charge >= 0.3 is 5.97 Å². The lowest BCUT2D eigenvalue weighted by Crippen LogP contribution is -2.51. The molecular weight excluding hydrogens is 475 g/mol. The Kier molecular flexibility index (Phi) is 6.14. The minimum Gasteiger partial charge on any atom is -0.436 e. The van der Waals surface area contributed by atoms with Gasteiger partial charge in [-0.15, -0.1) is 0 Å². The Hall–Kier alpha value is -3.75. The fourth-order valence-corrected chi connectivity index (χ4v) is 4.94. The Bertz CT molecular complexity index is 1280. The van der Waals surface area contributed by atoms with Crippen molar-refractivity contribution in [2.75, 3.05) is 26.2 Å². The molecule has 3 fully saturated rings. The maximum atomic E-state index is 14.8. The van der Waals surface area contributed by atoms with Gasteiger partial charge in [0.25, 0.3) is 5.91 Å². The van der Waals surface area contributed by atoms with E-state index in [1.807, 2.05) is 29.2 Å². The number of carbonyl (C=O) groups is 3. The minimum atomic E-state index is -0.649. The maximum Gasteiger partial charge on any atom is 0.311 e. The molecule has 2 amide bonds. The Labute approximate surface area is 214 Å². The molecule has 1 unspecified atom stereocenters. The van der Waals surface area contributed by atoms with Crippen LogP contribution in [0, 0.1) is 17.7 Å². The summed E-state index contributed by atoms with van der Waals surface area (Å²) in [4.78, 5) is 41.1. The van der Waals surface area contributed by atoms with Crippen molar-refractivity contribution < 1.29 is 23.5 Å². The highest BCUT2D eigenvalue weighted by molar-refractivity contribution is 6.04. The van der Waals surface area contributed by atoms with Gasteiger partial charge < -0.3 is 14.5 Å². The highest BCUT2D eigenvalue weighted by atomic mass is 19.1. The van der Waals surface area contributed by atoms with Crippen molar-refractivity contribution in [2.24, 2.45) is 16.9 Å². The molecule has 2 saturated carbocycles. The van der Waals surface area contributed by atoms with E-state index in [1.54, 1.807) is 17.0 Å². The zero-order chi connectivity index (χ0) is 25.5. The molecule has 4 aliphatic rings. The summed E-state index contributed by atoms with van der Waals surface area (Å²) < 4.78 is 20.4. The number of esters is 1. The predicted molar refractivity (Wildman–Crippen MR) is 133 cm³/mol. The number of hydrazone groups is 1. The van der Waals surface area contributed by atoms with Crippen LogP contribution < -0.4 is 5.43 Å². The molecule has 2 aromatic carbocycles. The van der Waals surface area contributed by atoms with E-state index < -0.39 is 12.0 Å². The smallest absolute Gasteiger partial charge is 0.311 e. The second-order valence-electron chi connectivity index (χ2n) is 10.2. The summed E-state index contributed by atoms with van der Waals surface area (Å²) in [6, 6.07) is 12.2. The Morgan fingerprint density at radius 2 is 1.65 bits per heavy atom. The minimum absolute atomic E-state index is 0.0174. The Morgan fingerprint density at radius 3 is 2.38 bits per heavy atom. The number of hydrogen-bond acceptors (Lipinski definition) is 6. The van der Waals surface area contributed by atoms with Gasteiger partial charge in [-0.25, -0.2) is 4.39 Å². The summed E-state index contributed by atoms with van der Waals surface area (Å²) in [5.41, 5.74) is 6.10. The fraction of sp³-hybridized carbons (Fsp3) is 0.429. The second-order valence-corrected chi connectivity index (χ2v) is 10.2. The lowest BCUT2D eigenvalue weighted by Gasteiger charge is -2.35. The summed E-state index contributed by atoms with van der Waals surface area (Å²) >= 11 is 0. The number of nitrogens with zero attached hydrogens (tertiary/aromatic N) is 3. The van der Waals surface area contributed by atoms with E-state index in [0.717, 1.165) is 42.4 Å². The SMILES string of the molecule is O=C(OC1NN=C(Cc2ccc(F)c(C(=O)N3CCN(C(=O)C4CC4)CC3)c2)c2ccccc21)C1CC1. The highest BCUT2D eigenvalue weighted by Crippen LogP contribution is 2.34. The standard InChI is InChI=1S/C28H29FN4O4/c29-23-10-5-17(15-22(23)27(35)33-13-11-32(12-14-33)26(34)18-6-7-18)16-24-20-3-1-2-4-21(20)25(31-30-24)37-28(36)19-8-9-19/h1-5,10,15,18-19,25,31H,6-9,11-14,16H2. The van der Waals surface area contributed by atoms with Gasteiger partial charge in [-0.2, -0.15) is 5.10 Å². The van der Waals surface area contributed by atoms with Gasteiger partial charge in [0, 0.05) is 49.6 Å². The normalized spacial score (nSPS) is 21.0. The monoisotopic (exact) mass is 504 g/mol. The summed E-state index contributed by atoms with van der Waals surface area (Å²) in [6.45, 7) is 1.75. The van der Waals surface area contributed by atoms with Crippen LogP contribution in [0.5, 0.6) is 0 Å². The molecule has 0 spiro atoms. The van der Waals surface area contributed by atoms with Gasteiger partial charge in [-0.1, -0.05) is 30.3 Å². The van der Waals surface area contributed by atoms with Crippen LogP contribution in [-0.4, -0.2) is 59.5 Å². The number of benzene rings is 2. The summed E-state index contributed by atoms with van der Waals surface area (Å²) in [5.74, 6) is -0.844. The number of amides is 2. The number of carbonyl (C=O) groups excluding carboxylic acids is 3. The zero-order valence-corrected chi connectivity index (χ0v) is 20.5. The van der Waals surface area contributed by atoms with Gasteiger partial charge in [0.1, 0.15) is 5.82 Å². The van der Waals surface area contributed by atoms with Gasteiger partial charge in [0.05, 0.1) is 17.2 Å². The van der Waals surface area contributed by atoms with Crippen molar-refractivity contribution in [1.82, 2.24) is 15.2 Å². The van der Waals surface area contributed by atoms with E-state index in [1.165, 1.54) is 6.07 Å². The van der Waals surface area contributed by atoms with Gasteiger partial charge in [-0.3, -0.25) is 19.8 Å². The van der Waals surface area contributed by atoms with E-state index >= 15 is 0 Å². The third-order valence-corrected chi connectivity index (χ3v) is 7.45. The van der Waals surface area contributed by atoms with E-state index in [4.69, 9.17) is 4.74 Å². The molecule has 6 rings (SSSR count). The molecule has 192 valence electrons. The van der Waals surface area contributed by atoms with Crippen molar-refractivity contribution in [3.8, 4) is 0 Å². The van der Waals surface area contributed by atoms with E-state index in [0.29, 0.717) is 38.3 Å². The third kappa shape index (κ3) is 4.95. The van der Waals surface area contributed by atoms with Crippen LogP contribution in [0.15, 0.2) is 47.6 Å². The third-order valence-electron chi connectivity index (χ3n) is 7.45. The fourth-order valence-electron chi connectivity index (χ4n) is 4.94. The van der Waals surface area contributed by atoms with E-state index in [-0.39, 0.29) is 35.2 Å². The van der Waals surface area contributed by atoms with Crippen LogP contribution in [0.3, 0.4) is 0 Å². The Balaban J connectivity index is 1.15. The van der Waals surface area contributed by atoms with Crippen LogP contribution in [-0.2, 0) is 20.7 Å². The summed E-state index contributed by atoms with van der Waals surface area (Å²) in [6.07, 6.45) is 3.35. The number of hydrogen-bond donors (Lipinski definition) is 1. The van der Waals surface area contributed by atoms with Gasteiger partial charge in [0.15, 0.2) is 0 Å². The molecule has 0 radical (unpaired) electrons. The first-order valence-electron chi connectivity index (χ1n) is 13.0. The van der Waals surface area contributed by atoms with Crippen molar-refractivity contribution in [2.45, 2.75) is 38.3 Å². The van der Waals surface area contributed by atoms with Crippen molar-refractivity contribution in [3.63, 3.8) is 0 Å². The maximum absolute atomic E-state index is 14.8. The zero-order valence-electron chi connectivity index (χ0n) is 20.5. The first kappa shape index (κ1) is 23.6. The number of fused-ring (bicyclic) bond motifs is 1. The van der Waals surface area contributed by atoms with Crippen LogP contribution >= 0.6 is 0 Å². The van der Waals surface area contributed by atoms with Crippen molar-refractivity contribution in [1.29, 1.82) is 0 Å². The van der Waals surface area contributed by atoms with E-state index in [9.17, 15) is 18.8 Å². The lowest BCUT2D eigenvalue weighted by molar-refractivity contribution is -0.153. The number of rotatable bonds is 6. The summed E-state index contributed by atoms with van der Waals surface area (Å²) in [5, 5.41) is 4.47. The molecule has 37 heavy (non-hydrogen) atoms. The molecule has 2 heterocycles. The second kappa shape index (κ2) is 9.61. The first-order chi connectivity index (χ1) is 18.0. The van der Waals surface area contributed by atoms with Crippen molar-refractivity contribution in [3.05, 3.63) is 70.5 Å². The first-order valence-corrected chi connectivity index (χ1v) is 13.0. The van der Waals surface area contributed by atoms with Gasteiger partial charge in [0.2, 0.25) is 12.1 Å². The highest BCUT2D eigenvalue weighted by Gasteiger charge is 2.36. The molecule has 2 aromatic rings. The largest absolute Gasteiger partial charge is 0.436 e. The number of ether oxygens (including phenoxy) is 1. The van der Waals surface area contributed by atoms with Crippen molar-refractivity contribution >= 4 is 23.5 Å². The molecule has 1 saturated heterocycles. The predicted octanol–water partition coefficient (Wildman–Crippen LogP) is 3.02. The van der Waals surface area contributed by atoms with Gasteiger partial charge in [-0.05, 0) is 43.4 Å². The summed E-state index contributed by atoms with van der Waals surface area (Å²) in [7, 11) is 0. The molecule has 0 bridgehead atoms. The number of halogens is 1. The van der Waals surface area contributed by atoms with Crippen LogP contribution in [0.4, 0.5) is 4.39 Å². The van der Waals surface area contributed by atoms with E-state index in [2.05, 4.69) is 10.5 Å². The van der Waals surface area contributed by atoms with Crippen LogP contribution in [0.25, 0.3) is 0 Å². The quantitative estimate of drug-likeness (QED) is 0.611. The molecule has 2 aliphatic heterocycles. The van der Waals surface area contributed by atoms with Crippen LogP contribution in [0.1, 0.15) is 59.0 Å². The molecule has 9 heteroatoms. The number of piperazine rings is 1. The molecule has 2 aliphatic carbocycles. The lowest BCUT2D eigenvalue weighted by atomic mass is 9.95. The van der Waals surface area contributed by atoms with Crippen LogP contribution in [0.2, 0.25) is 0 Å². The number of nitrogens with one attached hydrogen (secondary N) is 1. The molecule has 1 atom stereocenters.